The zero-order valence-corrected chi connectivity index (χ0v) is 11.8. The number of hydrogen-bond donors (Lipinski definition) is 1. The van der Waals surface area contributed by atoms with E-state index in [0.29, 0.717) is 18.7 Å². The number of hydrogen-bond acceptors (Lipinski definition) is 3. The highest BCUT2D eigenvalue weighted by Crippen LogP contribution is 2.20. The van der Waals surface area contributed by atoms with Gasteiger partial charge in [-0.3, -0.25) is 4.79 Å². The van der Waals surface area contributed by atoms with Gasteiger partial charge in [-0.2, -0.15) is 0 Å². The standard InChI is InChI=1S/C13H14BrNO4/c14-9-3-1-4-10(7-9)19-8-12(16)15-6-2-5-11(15)13(17)18/h1,3-4,7,11H,2,5-6,8H2,(H,17,18)/t11-/m1/s1. The van der Waals surface area contributed by atoms with Crippen LogP contribution in [0.15, 0.2) is 28.7 Å². The van der Waals surface area contributed by atoms with Gasteiger partial charge in [-0.15, -0.1) is 0 Å². The average molecular weight is 328 g/mol. The third kappa shape index (κ3) is 3.47. The molecular formula is C13H14BrNO4. The van der Waals surface area contributed by atoms with Crippen LogP contribution in [0.3, 0.4) is 0 Å². The molecule has 0 spiro atoms. The van der Waals surface area contributed by atoms with Crippen molar-refractivity contribution >= 4 is 27.8 Å². The van der Waals surface area contributed by atoms with Crippen LogP contribution in [0.5, 0.6) is 5.75 Å². The number of nitrogens with zero attached hydrogens (tertiary/aromatic N) is 1. The molecule has 0 radical (unpaired) electrons. The summed E-state index contributed by atoms with van der Waals surface area (Å²) in [6.45, 7) is 0.345. The summed E-state index contributed by atoms with van der Waals surface area (Å²) in [6, 6.07) is 6.46. The number of carboxylic acid groups (broad SMARTS) is 1. The van der Waals surface area contributed by atoms with Crippen LogP contribution in [0.4, 0.5) is 0 Å². The Bertz CT molecular complexity index is 491. The van der Waals surface area contributed by atoms with Gasteiger partial charge >= 0.3 is 5.97 Å². The Morgan fingerprint density at radius 2 is 2.26 bits per heavy atom. The smallest absolute Gasteiger partial charge is 0.326 e. The Kier molecular flexibility index (Phi) is 4.42. The highest BCUT2D eigenvalue weighted by molar-refractivity contribution is 9.10. The Morgan fingerprint density at radius 3 is 2.95 bits per heavy atom. The van der Waals surface area contributed by atoms with E-state index in [-0.39, 0.29) is 12.5 Å². The normalized spacial score (nSPS) is 18.4. The predicted octanol–water partition coefficient (Wildman–Crippen LogP) is 1.90. The van der Waals surface area contributed by atoms with Gasteiger partial charge in [0.05, 0.1) is 0 Å². The zero-order valence-electron chi connectivity index (χ0n) is 10.2. The molecule has 1 aromatic rings. The lowest BCUT2D eigenvalue weighted by molar-refractivity contribution is -0.148. The van der Waals surface area contributed by atoms with Gasteiger partial charge in [-0.05, 0) is 31.0 Å². The first-order valence-electron chi connectivity index (χ1n) is 5.98. The zero-order chi connectivity index (χ0) is 13.8. The summed E-state index contributed by atoms with van der Waals surface area (Å²) in [4.78, 5) is 24.3. The number of benzene rings is 1. The second-order valence-corrected chi connectivity index (χ2v) is 5.25. The molecule has 0 saturated carbocycles. The summed E-state index contributed by atoms with van der Waals surface area (Å²) in [6.07, 6.45) is 1.23. The molecule has 19 heavy (non-hydrogen) atoms. The van der Waals surface area contributed by atoms with Crippen LogP contribution < -0.4 is 4.74 Å². The van der Waals surface area contributed by atoms with Gasteiger partial charge in [0, 0.05) is 11.0 Å². The Hall–Kier alpha value is -1.56. The molecule has 1 amide bonds. The lowest BCUT2D eigenvalue weighted by Gasteiger charge is -2.21. The third-order valence-electron chi connectivity index (χ3n) is 3.02. The molecule has 1 saturated heterocycles. The molecule has 2 rings (SSSR count). The number of rotatable bonds is 4. The SMILES string of the molecule is O=C(O)[C@H]1CCCN1C(=O)COc1cccc(Br)c1. The molecule has 5 nitrogen and oxygen atoms in total. The topological polar surface area (TPSA) is 66.8 Å². The number of carbonyl (C=O) groups is 2. The van der Waals surface area contributed by atoms with E-state index >= 15 is 0 Å². The predicted molar refractivity (Wildman–Crippen MR) is 72.0 cm³/mol. The Morgan fingerprint density at radius 1 is 1.47 bits per heavy atom. The molecule has 1 heterocycles. The average Bonchev–Trinajstić information content (AvgIpc) is 2.85. The van der Waals surface area contributed by atoms with Crippen molar-refractivity contribution in [3.63, 3.8) is 0 Å². The first-order valence-corrected chi connectivity index (χ1v) is 6.78. The van der Waals surface area contributed by atoms with Crippen LogP contribution in [0.25, 0.3) is 0 Å². The van der Waals surface area contributed by atoms with E-state index in [1.54, 1.807) is 18.2 Å². The summed E-state index contributed by atoms with van der Waals surface area (Å²) >= 11 is 3.31. The van der Waals surface area contributed by atoms with Crippen molar-refractivity contribution < 1.29 is 19.4 Å². The number of amides is 1. The van der Waals surface area contributed by atoms with Gasteiger partial charge in [0.25, 0.3) is 5.91 Å². The highest BCUT2D eigenvalue weighted by Gasteiger charge is 2.33. The molecule has 1 aliphatic heterocycles. The molecule has 0 aliphatic carbocycles. The Labute approximate surface area is 119 Å². The summed E-state index contributed by atoms with van der Waals surface area (Å²) in [5.74, 6) is -0.660. The minimum absolute atomic E-state index is 0.139. The molecule has 1 atom stereocenters. The first-order chi connectivity index (χ1) is 9.08. The maximum atomic E-state index is 11.9. The number of carbonyl (C=O) groups excluding carboxylic acids is 1. The fourth-order valence-electron chi connectivity index (χ4n) is 2.11. The molecular weight excluding hydrogens is 314 g/mol. The van der Waals surface area contributed by atoms with Gasteiger partial charge in [-0.25, -0.2) is 4.79 Å². The molecule has 1 aliphatic rings. The monoisotopic (exact) mass is 327 g/mol. The van der Waals surface area contributed by atoms with E-state index in [1.165, 1.54) is 4.90 Å². The second kappa shape index (κ2) is 6.06. The van der Waals surface area contributed by atoms with Crippen LogP contribution in [0.2, 0.25) is 0 Å². The fraction of sp³-hybridized carbons (Fsp3) is 0.385. The van der Waals surface area contributed by atoms with E-state index in [0.717, 1.165) is 10.9 Å². The molecule has 0 bridgehead atoms. The van der Waals surface area contributed by atoms with Gasteiger partial charge in [0.15, 0.2) is 6.61 Å². The van der Waals surface area contributed by atoms with Crippen LogP contribution in [-0.2, 0) is 9.59 Å². The molecule has 0 unspecified atom stereocenters. The van der Waals surface area contributed by atoms with Gasteiger partial charge in [0.1, 0.15) is 11.8 Å². The molecule has 6 heteroatoms. The molecule has 1 aromatic carbocycles. The number of carboxylic acids is 1. The number of aliphatic carboxylic acids is 1. The van der Waals surface area contributed by atoms with Gasteiger partial charge in [-0.1, -0.05) is 22.0 Å². The fourth-order valence-corrected chi connectivity index (χ4v) is 2.48. The van der Waals surface area contributed by atoms with Crippen molar-refractivity contribution in [1.82, 2.24) is 4.90 Å². The van der Waals surface area contributed by atoms with Gasteiger partial charge < -0.3 is 14.7 Å². The quantitative estimate of drug-likeness (QED) is 0.917. The van der Waals surface area contributed by atoms with E-state index in [4.69, 9.17) is 9.84 Å². The van der Waals surface area contributed by atoms with E-state index in [1.807, 2.05) is 6.07 Å². The van der Waals surface area contributed by atoms with E-state index in [9.17, 15) is 9.59 Å². The summed E-state index contributed by atoms with van der Waals surface area (Å²) < 4.78 is 6.24. The highest BCUT2D eigenvalue weighted by atomic mass is 79.9. The molecule has 1 N–H and O–H groups in total. The van der Waals surface area contributed by atoms with Crippen molar-refractivity contribution in [3.05, 3.63) is 28.7 Å². The second-order valence-electron chi connectivity index (χ2n) is 4.33. The maximum absolute atomic E-state index is 11.9. The minimum atomic E-state index is -0.951. The van der Waals surface area contributed by atoms with Crippen LogP contribution in [0, 0.1) is 0 Å². The minimum Gasteiger partial charge on any atom is -0.484 e. The van der Waals surface area contributed by atoms with Crippen LogP contribution in [0.1, 0.15) is 12.8 Å². The largest absolute Gasteiger partial charge is 0.484 e. The van der Waals surface area contributed by atoms with E-state index in [2.05, 4.69) is 15.9 Å². The lowest BCUT2D eigenvalue weighted by atomic mass is 10.2. The van der Waals surface area contributed by atoms with E-state index < -0.39 is 12.0 Å². The first kappa shape index (κ1) is 13.9. The maximum Gasteiger partial charge on any atom is 0.326 e. The lowest BCUT2D eigenvalue weighted by Crippen LogP contribution is -2.42. The summed E-state index contributed by atoms with van der Waals surface area (Å²) in [5, 5.41) is 9.01. The van der Waals surface area contributed by atoms with Crippen molar-refractivity contribution in [2.45, 2.75) is 18.9 Å². The number of ether oxygens (including phenoxy) is 1. The summed E-state index contributed by atoms with van der Waals surface area (Å²) in [7, 11) is 0. The van der Waals surface area contributed by atoms with Crippen LogP contribution in [-0.4, -0.2) is 41.1 Å². The molecule has 0 aromatic heterocycles. The number of likely N-dealkylation sites (tertiary alicyclic amines) is 1. The van der Waals surface area contributed by atoms with Crippen LogP contribution >= 0.6 is 15.9 Å². The van der Waals surface area contributed by atoms with Crippen molar-refractivity contribution in [2.75, 3.05) is 13.2 Å². The third-order valence-corrected chi connectivity index (χ3v) is 3.51. The Balaban J connectivity index is 1.92. The van der Waals surface area contributed by atoms with Gasteiger partial charge in [0.2, 0.25) is 0 Å². The molecule has 102 valence electrons. The molecule has 1 fully saturated rings. The van der Waals surface area contributed by atoms with Crippen molar-refractivity contribution in [3.8, 4) is 5.75 Å². The van der Waals surface area contributed by atoms with Crippen molar-refractivity contribution in [1.29, 1.82) is 0 Å². The summed E-state index contributed by atoms with van der Waals surface area (Å²) in [5.41, 5.74) is 0. The number of halogens is 1. The van der Waals surface area contributed by atoms with Crippen molar-refractivity contribution in [2.24, 2.45) is 0 Å².